The highest BCUT2D eigenvalue weighted by Crippen LogP contribution is 2.13. The van der Waals surface area contributed by atoms with Crippen LogP contribution in [0, 0.1) is 0 Å². The van der Waals surface area contributed by atoms with Crippen LogP contribution in [0.25, 0.3) is 0 Å². The van der Waals surface area contributed by atoms with Crippen molar-refractivity contribution in [3.05, 3.63) is 158 Å². The number of allylic oxidation sites excluding steroid dienone is 26. The van der Waals surface area contributed by atoms with Gasteiger partial charge in [0.25, 0.3) is 0 Å². The van der Waals surface area contributed by atoms with Gasteiger partial charge in [-0.1, -0.05) is 249 Å². The molecule has 0 heterocycles. The molecule has 0 saturated carbocycles. The summed E-state index contributed by atoms with van der Waals surface area (Å²) >= 11 is 0. The third-order valence-corrected chi connectivity index (χ3v) is 12.0. The highest BCUT2D eigenvalue weighted by atomic mass is 16.6. The molecule has 0 fully saturated rings. The van der Waals surface area contributed by atoms with Crippen molar-refractivity contribution in [2.24, 2.45) is 0 Å². The third-order valence-electron chi connectivity index (χ3n) is 12.0. The minimum absolute atomic E-state index is 0.0976. The van der Waals surface area contributed by atoms with Crippen LogP contribution in [0.2, 0.25) is 0 Å². The molecule has 0 amide bonds. The van der Waals surface area contributed by atoms with E-state index in [0.29, 0.717) is 19.3 Å². The standard InChI is InChI=1S/C69H108O6/c1-4-7-10-13-15-17-19-21-23-25-26-27-28-29-30-31-32-33-34-35-36-37-38-39-40-41-42-44-45-47-49-51-53-56-59-62-68(71)74-65-66(64-73-67(70)61-58-55-12-9-6-3)75-69(72)63-60-57-54-52-50-48-46-43-24-22-20-18-16-14-11-8-5-2/h7-8,10-11,15-18,21-24,26-27,29-30,32-33,35-36,38-39,41-42,46,48,66H,4-6,9,12-14,19-20,25,28,31,34,37,40,43-45,47,49-65H2,1-3H3/b10-7-,11-8-,17-15-,18-16-,23-21-,24-22-,27-26-,30-29-,33-32-,36-35-,39-38-,42-41-,48-46-. The van der Waals surface area contributed by atoms with Gasteiger partial charge in [0, 0.05) is 19.3 Å². The quantitative estimate of drug-likeness (QED) is 0.0261. The lowest BCUT2D eigenvalue weighted by Gasteiger charge is -2.18. The number of rotatable bonds is 52. The van der Waals surface area contributed by atoms with Gasteiger partial charge in [-0.05, 0) is 128 Å². The number of unbranched alkanes of at least 4 members (excludes halogenated alkanes) is 15. The first-order valence-corrected chi connectivity index (χ1v) is 30.0. The monoisotopic (exact) mass is 1030 g/mol. The zero-order valence-corrected chi connectivity index (χ0v) is 48.0. The molecule has 0 aromatic heterocycles. The number of hydrogen-bond donors (Lipinski definition) is 0. The molecule has 75 heavy (non-hydrogen) atoms. The topological polar surface area (TPSA) is 78.9 Å². The number of hydrogen-bond acceptors (Lipinski definition) is 6. The first-order chi connectivity index (χ1) is 37.0. The third kappa shape index (κ3) is 59.8. The largest absolute Gasteiger partial charge is 0.462 e. The number of esters is 3. The van der Waals surface area contributed by atoms with Crippen LogP contribution >= 0.6 is 0 Å². The second-order valence-corrected chi connectivity index (χ2v) is 19.1. The van der Waals surface area contributed by atoms with Gasteiger partial charge in [0.15, 0.2) is 6.10 Å². The Labute approximate surface area is 460 Å². The molecule has 0 spiro atoms. The molecule has 0 aromatic rings. The van der Waals surface area contributed by atoms with E-state index in [-0.39, 0.29) is 31.1 Å². The molecule has 0 radical (unpaired) electrons. The molecule has 1 unspecified atom stereocenters. The van der Waals surface area contributed by atoms with Crippen molar-refractivity contribution >= 4 is 17.9 Å². The Morgan fingerprint density at radius 2 is 0.520 bits per heavy atom. The van der Waals surface area contributed by atoms with Gasteiger partial charge in [0.2, 0.25) is 0 Å². The van der Waals surface area contributed by atoms with Crippen molar-refractivity contribution in [2.45, 2.75) is 245 Å². The van der Waals surface area contributed by atoms with E-state index in [4.69, 9.17) is 14.2 Å². The van der Waals surface area contributed by atoms with Gasteiger partial charge >= 0.3 is 17.9 Å². The summed E-state index contributed by atoms with van der Waals surface area (Å²) < 4.78 is 16.7. The molecular formula is C69H108O6. The fourth-order valence-corrected chi connectivity index (χ4v) is 7.60. The maximum Gasteiger partial charge on any atom is 0.306 e. The zero-order chi connectivity index (χ0) is 54.3. The molecule has 6 nitrogen and oxygen atoms in total. The van der Waals surface area contributed by atoms with Gasteiger partial charge in [-0.2, -0.15) is 0 Å². The Kier molecular flexibility index (Phi) is 57.5. The van der Waals surface area contributed by atoms with Gasteiger partial charge < -0.3 is 14.2 Å². The second kappa shape index (κ2) is 61.6. The fourth-order valence-electron chi connectivity index (χ4n) is 7.60. The van der Waals surface area contributed by atoms with E-state index in [1.165, 1.54) is 25.7 Å². The summed E-state index contributed by atoms with van der Waals surface area (Å²) in [5.41, 5.74) is 0. The summed E-state index contributed by atoms with van der Waals surface area (Å²) in [6.45, 7) is 6.28. The molecular weight excluding hydrogens is 925 g/mol. The Hall–Kier alpha value is -4.97. The Bertz CT molecular complexity index is 1710. The van der Waals surface area contributed by atoms with Crippen LogP contribution in [-0.4, -0.2) is 37.2 Å². The molecule has 6 heteroatoms. The van der Waals surface area contributed by atoms with E-state index in [2.05, 4.69) is 179 Å². The summed E-state index contributed by atoms with van der Waals surface area (Å²) in [6.07, 6.45) is 90.0. The Morgan fingerprint density at radius 3 is 0.813 bits per heavy atom. The van der Waals surface area contributed by atoms with Crippen molar-refractivity contribution in [3.8, 4) is 0 Å². The second-order valence-electron chi connectivity index (χ2n) is 19.1. The highest BCUT2D eigenvalue weighted by molar-refractivity contribution is 5.71. The lowest BCUT2D eigenvalue weighted by Crippen LogP contribution is -2.30. The van der Waals surface area contributed by atoms with Gasteiger partial charge in [0.1, 0.15) is 13.2 Å². The lowest BCUT2D eigenvalue weighted by molar-refractivity contribution is -0.167. The molecule has 0 N–H and O–H groups in total. The van der Waals surface area contributed by atoms with E-state index < -0.39 is 6.10 Å². The van der Waals surface area contributed by atoms with E-state index >= 15 is 0 Å². The number of carbonyl (C=O) groups is 3. The van der Waals surface area contributed by atoms with Gasteiger partial charge in [-0.3, -0.25) is 14.4 Å². The van der Waals surface area contributed by atoms with Crippen LogP contribution in [-0.2, 0) is 28.6 Å². The van der Waals surface area contributed by atoms with Crippen LogP contribution in [0.4, 0.5) is 0 Å². The maximum absolute atomic E-state index is 12.8. The Balaban J connectivity index is 4.13. The minimum atomic E-state index is -0.798. The van der Waals surface area contributed by atoms with Crippen LogP contribution < -0.4 is 0 Å². The average Bonchev–Trinajstić information content (AvgIpc) is 3.41. The summed E-state index contributed by atoms with van der Waals surface area (Å²) in [5, 5.41) is 0. The SMILES string of the molecule is CC/C=C\C/C=C\C/C=C\C/C=C\C/C=C\C/C=C\C/C=C\C/C=C\C/C=C\CCCCCCCCCC(=O)OCC(COC(=O)CCCCCCC)OC(=O)CCCCCC/C=C\C/C=C\C/C=C\C/C=C\CC. The maximum atomic E-state index is 12.8. The summed E-state index contributed by atoms with van der Waals surface area (Å²) in [4.78, 5) is 37.8. The molecule has 0 saturated heterocycles. The van der Waals surface area contributed by atoms with Crippen LogP contribution in [0.15, 0.2) is 158 Å². The zero-order valence-electron chi connectivity index (χ0n) is 48.0. The molecule has 0 aliphatic heterocycles. The van der Waals surface area contributed by atoms with Crippen LogP contribution in [0.3, 0.4) is 0 Å². The molecule has 0 aliphatic rings. The van der Waals surface area contributed by atoms with Gasteiger partial charge in [-0.15, -0.1) is 0 Å². The van der Waals surface area contributed by atoms with E-state index in [0.717, 1.165) is 173 Å². The highest BCUT2D eigenvalue weighted by Gasteiger charge is 2.19. The Morgan fingerprint density at radius 1 is 0.280 bits per heavy atom. The van der Waals surface area contributed by atoms with E-state index in [1.807, 2.05) is 0 Å². The van der Waals surface area contributed by atoms with Gasteiger partial charge in [0.05, 0.1) is 0 Å². The summed E-state index contributed by atoms with van der Waals surface area (Å²) in [7, 11) is 0. The van der Waals surface area contributed by atoms with E-state index in [1.54, 1.807) is 0 Å². The van der Waals surface area contributed by atoms with Crippen molar-refractivity contribution < 1.29 is 28.6 Å². The smallest absolute Gasteiger partial charge is 0.306 e. The molecule has 0 rings (SSSR count). The van der Waals surface area contributed by atoms with Crippen molar-refractivity contribution in [3.63, 3.8) is 0 Å². The lowest BCUT2D eigenvalue weighted by atomic mass is 10.1. The first kappa shape index (κ1) is 70.0. The molecule has 0 aliphatic carbocycles. The molecule has 0 aromatic carbocycles. The minimum Gasteiger partial charge on any atom is -0.462 e. The normalized spacial score (nSPS) is 13.3. The van der Waals surface area contributed by atoms with Crippen LogP contribution in [0.1, 0.15) is 239 Å². The predicted octanol–water partition coefficient (Wildman–Crippen LogP) is 20.5. The first-order valence-electron chi connectivity index (χ1n) is 30.0. The summed E-state index contributed by atoms with van der Waals surface area (Å²) in [6, 6.07) is 0. The average molecular weight is 1030 g/mol. The number of ether oxygens (including phenoxy) is 3. The van der Waals surface area contributed by atoms with Crippen LogP contribution in [0.5, 0.6) is 0 Å². The number of carbonyl (C=O) groups excluding carboxylic acids is 3. The summed E-state index contributed by atoms with van der Waals surface area (Å²) in [5.74, 6) is -0.955. The van der Waals surface area contributed by atoms with Crippen molar-refractivity contribution in [1.82, 2.24) is 0 Å². The molecule has 420 valence electrons. The van der Waals surface area contributed by atoms with E-state index in [9.17, 15) is 14.4 Å². The van der Waals surface area contributed by atoms with Gasteiger partial charge in [-0.25, -0.2) is 0 Å². The molecule has 1 atom stereocenters. The molecule has 0 bridgehead atoms. The van der Waals surface area contributed by atoms with Crippen molar-refractivity contribution in [2.75, 3.05) is 13.2 Å². The predicted molar refractivity (Wildman–Crippen MR) is 325 cm³/mol. The fraction of sp³-hybridized carbons (Fsp3) is 0.580. The van der Waals surface area contributed by atoms with Crippen molar-refractivity contribution in [1.29, 1.82) is 0 Å².